The van der Waals surface area contributed by atoms with E-state index in [1.165, 1.54) is 25.7 Å². The SMILES string of the molecule is CCNC(=NCC(C)CN1CCOCC1)NC1CCCC(SC)C1.I. The molecule has 3 unspecified atom stereocenters. The first-order chi connectivity index (χ1) is 11.7. The number of thioether (sulfide) groups is 1. The largest absolute Gasteiger partial charge is 0.379 e. The molecule has 0 spiro atoms. The van der Waals surface area contributed by atoms with Crippen LogP contribution in [0.15, 0.2) is 4.99 Å². The molecule has 0 bridgehead atoms. The Hall–Kier alpha value is 0.270. The molecule has 2 rings (SSSR count). The maximum atomic E-state index is 5.42. The number of halogens is 1. The molecule has 0 amide bonds. The highest BCUT2D eigenvalue weighted by atomic mass is 127. The molecule has 7 heteroatoms. The Morgan fingerprint density at radius 3 is 2.76 bits per heavy atom. The number of hydrogen-bond acceptors (Lipinski definition) is 4. The van der Waals surface area contributed by atoms with Gasteiger partial charge in [-0.15, -0.1) is 24.0 Å². The third-order valence-corrected chi connectivity index (χ3v) is 5.97. The van der Waals surface area contributed by atoms with E-state index >= 15 is 0 Å². The second-order valence-corrected chi connectivity index (χ2v) is 8.24. The number of rotatable bonds is 7. The lowest BCUT2D eigenvalue weighted by Gasteiger charge is -2.30. The molecule has 0 aromatic rings. The minimum atomic E-state index is 0. The van der Waals surface area contributed by atoms with Gasteiger partial charge in [-0.3, -0.25) is 9.89 Å². The number of nitrogens with one attached hydrogen (secondary N) is 2. The zero-order chi connectivity index (χ0) is 17.2. The second kappa shape index (κ2) is 13.4. The molecule has 3 atom stereocenters. The van der Waals surface area contributed by atoms with Gasteiger partial charge in [0, 0.05) is 44.0 Å². The lowest BCUT2D eigenvalue weighted by Crippen LogP contribution is -2.46. The van der Waals surface area contributed by atoms with Crippen LogP contribution in [0.4, 0.5) is 0 Å². The minimum absolute atomic E-state index is 0. The van der Waals surface area contributed by atoms with Crippen molar-refractivity contribution in [1.82, 2.24) is 15.5 Å². The summed E-state index contributed by atoms with van der Waals surface area (Å²) in [6.07, 6.45) is 7.46. The van der Waals surface area contributed by atoms with Crippen molar-refractivity contribution in [3.05, 3.63) is 0 Å². The van der Waals surface area contributed by atoms with E-state index in [0.29, 0.717) is 12.0 Å². The standard InChI is InChI=1S/C18H36N4OS.HI/c1-4-19-18(21-16-6-5-7-17(12-16)24-3)20-13-15(2)14-22-8-10-23-11-9-22;/h15-17H,4-14H2,1-3H3,(H2,19,20,21);1H. The van der Waals surface area contributed by atoms with E-state index in [1.807, 2.05) is 11.8 Å². The molecule has 1 saturated heterocycles. The van der Waals surface area contributed by atoms with Gasteiger partial charge in [-0.05, 0) is 38.4 Å². The average molecular weight is 484 g/mol. The molecule has 25 heavy (non-hydrogen) atoms. The van der Waals surface area contributed by atoms with Crippen LogP contribution in [-0.4, -0.2) is 74.3 Å². The van der Waals surface area contributed by atoms with Crippen LogP contribution in [-0.2, 0) is 4.74 Å². The number of nitrogens with zero attached hydrogens (tertiary/aromatic N) is 2. The van der Waals surface area contributed by atoms with Gasteiger partial charge in [0.15, 0.2) is 5.96 Å². The first kappa shape index (κ1) is 23.3. The molecule has 2 fully saturated rings. The Labute approximate surface area is 175 Å². The summed E-state index contributed by atoms with van der Waals surface area (Å²) in [5.41, 5.74) is 0. The van der Waals surface area contributed by atoms with Gasteiger partial charge in [0.05, 0.1) is 13.2 Å². The average Bonchev–Trinajstić information content (AvgIpc) is 2.61. The Morgan fingerprint density at radius 2 is 2.08 bits per heavy atom. The molecule has 1 aliphatic heterocycles. The number of ether oxygens (including phenoxy) is 1. The number of morpholine rings is 1. The fourth-order valence-electron chi connectivity index (χ4n) is 3.53. The smallest absolute Gasteiger partial charge is 0.191 e. The summed E-state index contributed by atoms with van der Waals surface area (Å²) in [6, 6.07) is 0.573. The summed E-state index contributed by atoms with van der Waals surface area (Å²) in [7, 11) is 0. The van der Waals surface area contributed by atoms with Gasteiger partial charge >= 0.3 is 0 Å². The van der Waals surface area contributed by atoms with Gasteiger partial charge in [-0.1, -0.05) is 13.3 Å². The van der Waals surface area contributed by atoms with E-state index in [9.17, 15) is 0 Å². The monoisotopic (exact) mass is 484 g/mol. The van der Waals surface area contributed by atoms with Gasteiger partial charge in [0.25, 0.3) is 0 Å². The molecular weight excluding hydrogens is 447 g/mol. The summed E-state index contributed by atoms with van der Waals surface area (Å²) < 4.78 is 5.42. The van der Waals surface area contributed by atoms with E-state index in [0.717, 1.165) is 57.1 Å². The van der Waals surface area contributed by atoms with E-state index in [2.05, 4.69) is 35.6 Å². The van der Waals surface area contributed by atoms with Crippen molar-refractivity contribution < 1.29 is 4.74 Å². The molecule has 1 saturated carbocycles. The van der Waals surface area contributed by atoms with E-state index in [-0.39, 0.29) is 24.0 Å². The Kier molecular flexibility index (Phi) is 12.5. The number of hydrogen-bond donors (Lipinski definition) is 2. The van der Waals surface area contributed by atoms with Gasteiger partial charge in [-0.25, -0.2) is 0 Å². The third-order valence-electron chi connectivity index (χ3n) is 4.88. The van der Waals surface area contributed by atoms with E-state index < -0.39 is 0 Å². The topological polar surface area (TPSA) is 48.9 Å². The van der Waals surface area contributed by atoms with Crippen molar-refractivity contribution in [2.45, 2.75) is 50.8 Å². The molecule has 2 aliphatic rings. The molecule has 0 aromatic carbocycles. The van der Waals surface area contributed by atoms with Gasteiger partial charge in [0.2, 0.25) is 0 Å². The van der Waals surface area contributed by atoms with Crippen molar-refractivity contribution in [3.8, 4) is 0 Å². The molecule has 148 valence electrons. The highest BCUT2D eigenvalue weighted by molar-refractivity contribution is 14.0. The van der Waals surface area contributed by atoms with Gasteiger partial charge in [0.1, 0.15) is 0 Å². The third kappa shape index (κ3) is 9.15. The summed E-state index contributed by atoms with van der Waals surface area (Å²) in [6.45, 7) is 11.2. The van der Waals surface area contributed by atoms with Crippen molar-refractivity contribution >= 4 is 41.7 Å². The van der Waals surface area contributed by atoms with Gasteiger partial charge in [-0.2, -0.15) is 11.8 Å². The lowest BCUT2D eigenvalue weighted by atomic mass is 9.95. The predicted octanol–water partition coefficient (Wildman–Crippen LogP) is 2.80. The molecule has 2 N–H and O–H groups in total. The maximum absolute atomic E-state index is 5.42. The molecule has 1 aliphatic carbocycles. The summed E-state index contributed by atoms with van der Waals surface area (Å²) in [5, 5.41) is 7.90. The first-order valence-corrected chi connectivity index (χ1v) is 10.9. The number of guanidine groups is 1. The molecular formula is C18H37IN4OS. The highest BCUT2D eigenvalue weighted by Gasteiger charge is 2.22. The molecule has 1 heterocycles. The maximum Gasteiger partial charge on any atom is 0.191 e. The van der Waals surface area contributed by atoms with Crippen LogP contribution in [0.2, 0.25) is 0 Å². The van der Waals surface area contributed by atoms with Crippen molar-refractivity contribution in [3.63, 3.8) is 0 Å². The van der Waals surface area contributed by atoms with Crippen LogP contribution in [0.1, 0.15) is 39.5 Å². The van der Waals surface area contributed by atoms with E-state index in [4.69, 9.17) is 9.73 Å². The Balaban J connectivity index is 0.00000312. The quantitative estimate of drug-likeness (QED) is 0.331. The molecule has 0 aromatic heterocycles. The normalized spacial score (nSPS) is 26.6. The fourth-order valence-corrected chi connectivity index (χ4v) is 4.36. The zero-order valence-corrected chi connectivity index (χ0v) is 19.3. The second-order valence-electron chi connectivity index (χ2n) is 7.10. The fraction of sp³-hybridized carbons (Fsp3) is 0.944. The first-order valence-electron chi connectivity index (χ1n) is 9.59. The predicted molar refractivity (Wildman–Crippen MR) is 121 cm³/mol. The van der Waals surface area contributed by atoms with Crippen LogP contribution in [0.5, 0.6) is 0 Å². The van der Waals surface area contributed by atoms with Gasteiger partial charge < -0.3 is 15.4 Å². The number of aliphatic imine (C=N–C) groups is 1. The van der Waals surface area contributed by atoms with Crippen LogP contribution >= 0.6 is 35.7 Å². The Morgan fingerprint density at radius 1 is 1.32 bits per heavy atom. The molecule has 0 radical (unpaired) electrons. The van der Waals surface area contributed by atoms with Crippen LogP contribution in [0.25, 0.3) is 0 Å². The van der Waals surface area contributed by atoms with Crippen molar-refractivity contribution in [2.75, 3.05) is 52.2 Å². The van der Waals surface area contributed by atoms with Crippen LogP contribution in [0.3, 0.4) is 0 Å². The Bertz CT molecular complexity index is 380. The van der Waals surface area contributed by atoms with E-state index in [1.54, 1.807) is 0 Å². The summed E-state index contributed by atoms with van der Waals surface area (Å²) in [4.78, 5) is 7.35. The van der Waals surface area contributed by atoms with Crippen LogP contribution < -0.4 is 10.6 Å². The van der Waals surface area contributed by atoms with Crippen molar-refractivity contribution in [2.24, 2.45) is 10.9 Å². The highest BCUT2D eigenvalue weighted by Crippen LogP contribution is 2.26. The van der Waals surface area contributed by atoms with Crippen LogP contribution in [0, 0.1) is 5.92 Å². The summed E-state index contributed by atoms with van der Waals surface area (Å²) >= 11 is 2.01. The lowest BCUT2D eigenvalue weighted by molar-refractivity contribution is 0.0323. The minimum Gasteiger partial charge on any atom is -0.379 e. The van der Waals surface area contributed by atoms with Crippen molar-refractivity contribution in [1.29, 1.82) is 0 Å². The summed E-state index contributed by atoms with van der Waals surface area (Å²) in [5.74, 6) is 1.57. The zero-order valence-electron chi connectivity index (χ0n) is 16.1. The molecule has 5 nitrogen and oxygen atoms in total.